The highest BCUT2D eigenvalue weighted by atomic mass is 32.2. The average Bonchev–Trinajstić information content (AvgIpc) is 3.03. The minimum atomic E-state index is -0.399. The Balaban J connectivity index is 1.67. The minimum Gasteiger partial charge on any atom is -0.481 e. The Labute approximate surface area is 131 Å². The maximum atomic E-state index is 12.1. The second-order valence-corrected chi connectivity index (χ2v) is 6.80. The van der Waals surface area contributed by atoms with Crippen molar-refractivity contribution in [2.45, 2.75) is 50.4 Å². The minimum absolute atomic E-state index is 0.00613. The predicted octanol–water partition coefficient (Wildman–Crippen LogP) is 3.64. The molecule has 0 heterocycles. The summed E-state index contributed by atoms with van der Waals surface area (Å²) in [4.78, 5) is 12.1. The van der Waals surface area contributed by atoms with E-state index in [0.717, 1.165) is 23.3 Å². The number of benzene rings is 1. The summed E-state index contributed by atoms with van der Waals surface area (Å²) < 4.78 is 5.74. The number of hydrogen-bond acceptors (Lipinski definition) is 3. The van der Waals surface area contributed by atoms with E-state index in [2.05, 4.69) is 5.32 Å². The van der Waals surface area contributed by atoms with Crippen molar-refractivity contribution in [3.8, 4) is 5.75 Å². The van der Waals surface area contributed by atoms with Crippen LogP contribution in [0.15, 0.2) is 30.3 Å². The van der Waals surface area contributed by atoms with Crippen molar-refractivity contribution in [2.75, 3.05) is 12.3 Å². The molecule has 0 spiro atoms. The van der Waals surface area contributed by atoms with Gasteiger partial charge in [-0.25, -0.2) is 0 Å². The predicted molar refractivity (Wildman–Crippen MR) is 88.9 cm³/mol. The first-order valence-electron chi connectivity index (χ1n) is 7.90. The SMILES string of the molecule is CC[C@H](Oc1ccccc1)C(=O)NCCSC1CCCC1. The third-order valence-electron chi connectivity index (χ3n) is 3.74. The fourth-order valence-corrected chi connectivity index (χ4v) is 3.77. The number of nitrogens with one attached hydrogen (secondary N) is 1. The van der Waals surface area contributed by atoms with Crippen LogP contribution in [0.4, 0.5) is 0 Å². The van der Waals surface area contributed by atoms with Gasteiger partial charge >= 0.3 is 0 Å². The largest absolute Gasteiger partial charge is 0.481 e. The molecule has 3 nitrogen and oxygen atoms in total. The highest BCUT2D eigenvalue weighted by Crippen LogP contribution is 2.28. The van der Waals surface area contributed by atoms with Crippen LogP contribution < -0.4 is 10.1 Å². The molecule has 1 fully saturated rings. The van der Waals surface area contributed by atoms with E-state index in [1.54, 1.807) is 0 Å². The van der Waals surface area contributed by atoms with Gasteiger partial charge in [0.05, 0.1) is 0 Å². The Hall–Kier alpha value is -1.16. The summed E-state index contributed by atoms with van der Waals surface area (Å²) in [5.74, 6) is 1.74. The van der Waals surface area contributed by atoms with E-state index in [9.17, 15) is 4.79 Å². The fourth-order valence-electron chi connectivity index (χ4n) is 2.55. The van der Waals surface area contributed by atoms with E-state index in [1.165, 1.54) is 25.7 Å². The number of carbonyl (C=O) groups is 1. The summed E-state index contributed by atoms with van der Waals surface area (Å²) >= 11 is 1.99. The second kappa shape index (κ2) is 8.98. The Morgan fingerprint density at radius 3 is 2.71 bits per heavy atom. The molecule has 0 radical (unpaired) electrons. The topological polar surface area (TPSA) is 38.3 Å². The lowest BCUT2D eigenvalue weighted by atomic mass is 10.2. The van der Waals surface area contributed by atoms with E-state index < -0.39 is 6.10 Å². The first-order chi connectivity index (χ1) is 10.3. The van der Waals surface area contributed by atoms with Crippen molar-refractivity contribution in [3.63, 3.8) is 0 Å². The van der Waals surface area contributed by atoms with Gasteiger partial charge in [-0.05, 0) is 31.4 Å². The van der Waals surface area contributed by atoms with Crippen LogP contribution in [0.25, 0.3) is 0 Å². The summed E-state index contributed by atoms with van der Waals surface area (Å²) in [5.41, 5.74) is 0. The van der Waals surface area contributed by atoms with E-state index in [4.69, 9.17) is 4.74 Å². The zero-order chi connectivity index (χ0) is 14.9. The van der Waals surface area contributed by atoms with Crippen molar-refractivity contribution in [1.82, 2.24) is 5.32 Å². The second-order valence-electron chi connectivity index (χ2n) is 5.40. The Kier molecular flexibility index (Phi) is 6.93. The van der Waals surface area contributed by atoms with Crippen LogP contribution in [0.1, 0.15) is 39.0 Å². The molecule has 2 rings (SSSR count). The van der Waals surface area contributed by atoms with Crippen molar-refractivity contribution < 1.29 is 9.53 Å². The number of para-hydroxylation sites is 1. The number of rotatable bonds is 8. The monoisotopic (exact) mass is 307 g/mol. The van der Waals surface area contributed by atoms with Crippen LogP contribution >= 0.6 is 11.8 Å². The molecule has 1 atom stereocenters. The van der Waals surface area contributed by atoms with Gasteiger partial charge in [-0.15, -0.1) is 0 Å². The first-order valence-corrected chi connectivity index (χ1v) is 8.95. The Morgan fingerprint density at radius 1 is 1.33 bits per heavy atom. The molecular weight excluding hydrogens is 282 g/mol. The highest BCUT2D eigenvalue weighted by molar-refractivity contribution is 7.99. The molecular formula is C17H25NO2S. The van der Waals surface area contributed by atoms with Gasteiger partial charge in [-0.3, -0.25) is 4.79 Å². The van der Waals surface area contributed by atoms with Crippen LogP contribution in [0, 0.1) is 0 Å². The summed E-state index contributed by atoms with van der Waals surface area (Å²) in [7, 11) is 0. The molecule has 0 aliphatic heterocycles. The van der Waals surface area contributed by atoms with Gasteiger partial charge in [0.1, 0.15) is 5.75 Å². The maximum Gasteiger partial charge on any atom is 0.261 e. The molecule has 1 aromatic carbocycles. The third-order valence-corrected chi connectivity index (χ3v) is 5.12. The zero-order valence-corrected chi connectivity index (χ0v) is 13.5. The van der Waals surface area contributed by atoms with Gasteiger partial charge in [0, 0.05) is 17.5 Å². The Morgan fingerprint density at radius 2 is 2.05 bits per heavy atom. The van der Waals surface area contributed by atoms with Crippen molar-refractivity contribution in [2.24, 2.45) is 0 Å². The van der Waals surface area contributed by atoms with Gasteiger partial charge in [0.15, 0.2) is 6.10 Å². The van der Waals surface area contributed by atoms with Gasteiger partial charge in [0.25, 0.3) is 5.91 Å². The van der Waals surface area contributed by atoms with Crippen LogP contribution in [-0.2, 0) is 4.79 Å². The number of ether oxygens (including phenoxy) is 1. The summed E-state index contributed by atoms with van der Waals surface area (Å²) in [5, 5.41) is 3.80. The van der Waals surface area contributed by atoms with E-state index in [1.807, 2.05) is 49.0 Å². The van der Waals surface area contributed by atoms with Crippen LogP contribution in [0.3, 0.4) is 0 Å². The van der Waals surface area contributed by atoms with E-state index in [0.29, 0.717) is 6.42 Å². The molecule has 1 aliphatic carbocycles. The van der Waals surface area contributed by atoms with Crippen LogP contribution in [-0.4, -0.2) is 29.6 Å². The van der Waals surface area contributed by atoms with Crippen molar-refractivity contribution >= 4 is 17.7 Å². The van der Waals surface area contributed by atoms with Crippen LogP contribution in [0.2, 0.25) is 0 Å². The van der Waals surface area contributed by atoms with Crippen LogP contribution in [0.5, 0.6) is 5.75 Å². The zero-order valence-electron chi connectivity index (χ0n) is 12.7. The normalized spacial score (nSPS) is 16.6. The van der Waals surface area contributed by atoms with Gasteiger partial charge in [0.2, 0.25) is 0 Å². The molecule has 1 aromatic rings. The number of amides is 1. The lowest BCUT2D eigenvalue weighted by Crippen LogP contribution is -2.39. The third kappa shape index (κ3) is 5.62. The van der Waals surface area contributed by atoms with Crippen molar-refractivity contribution in [3.05, 3.63) is 30.3 Å². The standard InChI is InChI=1S/C17H25NO2S/c1-2-16(20-14-8-4-3-5-9-14)17(19)18-12-13-21-15-10-6-7-11-15/h3-5,8-9,15-16H,2,6-7,10-13H2,1H3,(H,18,19)/t16-/m0/s1. The first kappa shape index (κ1) is 16.2. The molecule has 1 saturated carbocycles. The van der Waals surface area contributed by atoms with E-state index in [-0.39, 0.29) is 5.91 Å². The lowest BCUT2D eigenvalue weighted by molar-refractivity contribution is -0.127. The number of thioether (sulfide) groups is 1. The molecule has 0 aromatic heterocycles. The molecule has 4 heteroatoms. The fraction of sp³-hybridized carbons (Fsp3) is 0.588. The average molecular weight is 307 g/mol. The van der Waals surface area contributed by atoms with Gasteiger partial charge in [-0.1, -0.05) is 38.0 Å². The summed E-state index contributed by atoms with van der Waals surface area (Å²) in [6.45, 7) is 2.70. The molecule has 1 aliphatic rings. The lowest BCUT2D eigenvalue weighted by Gasteiger charge is -2.17. The summed E-state index contributed by atoms with van der Waals surface area (Å²) in [6.07, 6.45) is 5.69. The maximum absolute atomic E-state index is 12.1. The highest BCUT2D eigenvalue weighted by Gasteiger charge is 2.18. The van der Waals surface area contributed by atoms with E-state index >= 15 is 0 Å². The molecule has 0 unspecified atom stereocenters. The number of carbonyl (C=O) groups excluding carboxylic acids is 1. The Bertz CT molecular complexity index is 418. The summed E-state index contributed by atoms with van der Waals surface area (Å²) in [6, 6.07) is 9.53. The molecule has 116 valence electrons. The van der Waals surface area contributed by atoms with Crippen molar-refractivity contribution in [1.29, 1.82) is 0 Å². The quantitative estimate of drug-likeness (QED) is 0.745. The van der Waals surface area contributed by atoms with Gasteiger partial charge in [-0.2, -0.15) is 11.8 Å². The molecule has 0 bridgehead atoms. The number of hydrogen-bond donors (Lipinski definition) is 1. The molecule has 1 N–H and O–H groups in total. The molecule has 21 heavy (non-hydrogen) atoms. The molecule has 0 saturated heterocycles. The smallest absolute Gasteiger partial charge is 0.261 e. The molecule has 1 amide bonds. The van der Waals surface area contributed by atoms with Gasteiger partial charge < -0.3 is 10.1 Å².